The molecule has 45 heavy (non-hydrogen) atoms. The molecule has 0 radical (unpaired) electrons. The Bertz CT molecular complexity index is 2050. The minimum Gasteiger partial charge on any atom is -0.508 e. The molecule has 4 aromatic rings. The SMILES string of the molecule is CC1=C(C)C(=O)[C@@]2(C)[C@@H](c3ccc(OCc4ccccc4)cc3O)C3=CCn4c(=O)n(-c5ccccc5)c(=O)n4[C@@H]3C[C@H]2C1=O. The summed E-state index contributed by atoms with van der Waals surface area (Å²) < 4.78 is 9.92. The van der Waals surface area contributed by atoms with E-state index in [-0.39, 0.29) is 30.3 Å². The van der Waals surface area contributed by atoms with E-state index in [1.807, 2.05) is 42.5 Å². The van der Waals surface area contributed by atoms with Gasteiger partial charge in [0.1, 0.15) is 18.1 Å². The van der Waals surface area contributed by atoms with Gasteiger partial charge in [0.15, 0.2) is 11.6 Å². The lowest BCUT2D eigenvalue weighted by atomic mass is 9.50. The Labute approximate surface area is 259 Å². The number of ketones is 2. The summed E-state index contributed by atoms with van der Waals surface area (Å²) in [5.41, 5.74) is 1.21. The molecule has 228 valence electrons. The van der Waals surface area contributed by atoms with Crippen molar-refractivity contribution in [3.05, 3.63) is 134 Å². The summed E-state index contributed by atoms with van der Waals surface area (Å²) >= 11 is 0. The first-order valence-electron chi connectivity index (χ1n) is 15.1. The second-order valence-corrected chi connectivity index (χ2v) is 12.3. The van der Waals surface area contributed by atoms with E-state index in [1.54, 1.807) is 57.2 Å². The molecule has 7 rings (SSSR count). The highest BCUT2D eigenvalue weighted by Gasteiger charge is 2.60. The van der Waals surface area contributed by atoms with E-state index in [2.05, 4.69) is 0 Å². The van der Waals surface area contributed by atoms with E-state index in [1.165, 1.54) is 15.4 Å². The summed E-state index contributed by atoms with van der Waals surface area (Å²) in [6, 6.07) is 22.7. The van der Waals surface area contributed by atoms with E-state index in [9.17, 15) is 24.3 Å². The number of rotatable bonds is 5. The van der Waals surface area contributed by atoms with E-state index in [0.717, 1.165) is 15.7 Å². The molecule has 1 N–H and O–H groups in total. The van der Waals surface area contributed by atoms with E-state index < -0.39 is 34.7 Å². The third-order valence-corrected chi connectivity index (χ3v) is 10.0. The van der Waals surface area contributed by atoms with Crippen molar-refractivity contribution in [1.29, 1.82) is 0 Å². The number of phenols is 1. The van der Waals surface area contributed by atoms with Crippen LogP contribution in [0.1, 0.15) is 50.3 Å². The van der Waals surface area contributed by atoms with E-state index in [0.29, 0.717) is 34.8 Å². The van der Waals surface area contributed by atoms with E-state index >= 15 is 0 Å². The van der Waals surface area contributed by atoms with Crippen LogP contribution in [0.15, 0.2) is 111 Å². The van der Waals surface area contributed by atoms with Gasteiger partial charge in [-0.3, -0.25) is 9.59 Å². The molecule has 0 amide bonds. The molecule has 0 saturated heterocycles. The molecule has 2 aliphatic carbocycles. The normalized spacial score (nSPS) is 24.1. The average Bonchev–Trinajstić information content (AvgIpc) is 3.31. The fourth-order valence-electron chi connectivity index (χ4n) is 7.58. The van der Waals surface area contributed by atoms with Crippen LogP contribution in [0.3, 0.4) is 0 Å². The number of fused-ring (bicyclic) bond motifs is 4. The molecule has 0 bridgehead atoms. The molecule has 1 aliphatic heterocycles. The number of Topliss-reactive ketones (excluding diaryl/α,β-unsaturated/α-hetero) is 2. The van der Waals surface area contributed by atoms with Gasteiger partial charge in [-0.2, -0.15) is 0 Å². The highest BCUT2D eigenvalue weighted by atomic mass is 16.5. The molecule has 2 heterocycles. The van der Waals surface area contributed by atoms with Gasteiger partial charge in [-0.1, -0.05) is 67.6 Å². The molecule has 9 nitrogen and oxygen atoms in total. The van der Waals surface area contributed by atoms with Crippen molar-refractivity contribution < 1.29 is 19.4 Å². The minimum atomic E-state index is -1.22. The molecule has 1 aromatic heterocycles. The predicted molar refractivity (Wildman–Crippen MR) is 168 cm³/mol. The van der Waals surface area contributed by atoms with Gasteiger partial charge in [-0.15, -0.1) is 0 Å². The number of benzene rings is 3. The van der Waals surface area contributed by atoms with Crippen molar-refractivity contribution in [1.82, 2.24) is 13.9 Å². The van der Waals surface area contributed by atoms with Crippen LogP contribution in [0.25, 0.3) is 5.69 Å². The maximum absolute atomic E-state index is 14.2. The largest absolute Gasteiger partial charge is 0.508 e. The van der Waals surface area contributed by atoms with Gasteiger partial charge in [0.25, 0.3) is 0 Å². The highest BCUT2D eigenvalue weighted by Crippen LogP contribution is 2.61. The number of allylic oxidation sites excluding steroid dienone is 4. The lowest BCUT2D eigenvalue weighted by molar-refractivity contribution is -0.140. The monoisotopic (exact) mass is 603 g/mol. The molecule has 3 aromatic carbocycles. The second-order valence-electron chi connectivity index (χ2n) is 12.3. The van der Waals surface area contributed by atoms with Gasteiger partial charge >= 0.3 is 11.4 Å². The summed E-state index contributed by atoms with van der Waals surface area (Å²) in [6.07, 6.45) is 2.05. The molecular weight excluding hydrogens is 570 g/mol. The number of para-hydroxylation sites is 1. The van der Waals surface area contributed by atoms with Crippen molar-refractivity contribution in [2.75, 3.05) is 0 Å². The number of ether oxygens (including phenoxy) is 1. The number of hydrogen-bond donors (Lipinski definition) is 1. The quantitative estimate of drug-likeness (QED) is 0.326. The number of nitrogens with zero attached hydrogens (tertiary/aromatic N) is 3. The van der Waals surface area contributed by atoms with Crippen molar-refractivity contribution in [2.24, 2.45) is 11.3 Å². The van der Waals surface area contributed by atoms with Crippen LogP contribution in [0, 0.1) is 11.3 Å². The lowest BCUT2D eigenvalue weighted by Gasteiger charge is -2.53. The Kier molecular flexibility index (Phi) is 6.65. The van der Waals surface area contributed by atoms with Crippen LogP contribution < -0.4 is 16.1 Å². The van der Waals surface area contributed by atoms with Crippen molar-refractivity contribution in [3.63, 3.8) is 0 Å². The fraction of sp³-hybridized carbons (Fsp3) is 0.278. The Morgan fingerprint density at radius 1 is 0.889 bits per heavy atom. The lowest BCUT2D eigenvalue weighted by Crippen LogP contribution is -2.55. The highest BCUT2D eigenvalue weighted by molar-refractivity contribution is 6.15. The molecule has 0 unspecified atom stereocenters. The Morgan fingerprint density at radius 2 is 1.58 bits per heavy atom. The van der Waals surface area contributed by atoms with Gasteiger partial charge in [-0.05, 0) is 60.8 Å². The minimum absolute atomic E-state index is 0.0755. The van der Waals surface area contributed by atoms with Crippen LogP contribution in [-0.2, 0) is 22.7 Å². The van der Waals surface area contributed by atoms with Crippen LogP contribution in [-0.4, -0.2) is 30.6 Å². The predicted octanol–water partition coefficient (Wildman–Crippen LogP) is 4.86. The molecule has 3 aliphatic rings. The smallest absolute Gasteiger partial charge is 0.352 e. The molecule has 1 fully saturated rings. The first-order valence-corrected chi connectivity index (χ1v) is 15.1. The Balaban J connectivity index is 1.37. The maximum atomic E-state index is 14.2. The van der Waals surface area contributed by atoms with Gasteiger partial charge in [0, 0.05) is 23.5 Å². The van der Waals surface area contributed by atoms with Gasteiger partial charge < -0.3 is 9.84 Å². The third kappa shape index (κ3) is 4.21. The number of phenolic OH excluding ortho intramolecular Hbond substituents is 1. The standard InChI is InChI=1S/C36H33N3O6/c1-21-22(2)33(42)36(3)28(32(21)41)19-29-26(16-17-37-34(43)38(35(44)39(29)37)24-12-8-5-9-13-24)31(36)27-15-14-25(18-30(27)40)45-20-23-10-6-4-7-11-23/h4-16,18,28-29,31,40H,17,19-20H2,1-3H3/t28-,29+,31+,36+/m0/s1. The average molecular weight is 604 g/mol. The van der Waals surface area contributed by atoms with Crippen LogP contribution >= 0.6 is 0 Å². The first kappa shape index (κ1) is 28.6. The zero-order valence-electron chi connectivity index (χ0n) is 25.3. The number of carbonyl (C=O) groups is 2. The summed E-state index contributed by atoms with van der Waals surface area (Å²) in [6.45, 7) is 5.56. The van der Waals surface area contributed by atoms with E-state index in [4.69, 9.17) is 4.74 Å². The molecule has 4 atom stereocenters. The van der Waals surface area contributed by atoms with Gasteiger partial charge in [0.2, 0.25) is 0 Å². The van der Waals surface area contributed by atoms with Gasteiger partial charge in [0.05, 0.1) is 23.7 Å². The Hall–Kier alpha value is -5.18. The third-order valence-electron chi connectivity index (χ3n) is 10.0. The summed E-state index contributed by atoms with van der Waals surface area (Å²) in [5.74, 6) is -1.45. The second kappa shape index (κ2) is 10.5. The number of carbonyl (C=O) groups excluding carboxylic acids is 2. The molecule has 0 spiro atoms. The van der Waals surface area contributed by atoms with Crippen LogP contribution in [0.2, 0.25) is 0 Å². The molecule has 9 heteroatoms. The summed E-state index contributed by atoms with van der Waals surface area (Å²) in [5, 5.41) is 11.5. The number of hydrogen-bond acceptors (Lipinski definition) is 6. The summed E-state index contributed by atoms with van der Waals surface area (Å²) in [7, 11) is 0. The van der Waals surface area contributed by atoms with Crippen LogP contribution in [0.4, 0.5) is 0 Å². The van der Waals surface area contributed by atoms with Crippen LogP contribution in [0.5, 0.6) is 11.5 Å². The van der Waals surface area contributed by atoms with Gasteiger partial charge in [-0.25, -0.2) is 23.5 Å². The zero-order valence-corrected chi connectivity index (χ0v) is 25.3. The summed E-state index contributed by atoms with van der Waals surface area (Å²) in [4.78, 5) is 55.7. The number of aromatic hydroxyl groups is 1. The molecular formula is C36H33N3O6. The number of aromatic nitrogens is 3. The van der Waals surface area contributed by atoms with Crippen molar-refractivity contribution in [2.45, 2.75) is 52.3 Å². The maximum Gasteiger partial charge on any atom is 0.352 e. The van der Waals surface area contributed by atoms with Crippen molar-refractivity contribution in [3.8, 4) is 17.2 Å². The topological polar surface area (TPSA) is 113 Å². The molecule has 1 saturated carbocycles. The zero-order chi connectivity index (χ0) is 31.6. The Morgan fingerprint density at radius 3 is 2.27 bits per heavy atom. The fourth-order valence-corrected chi connectivity index (χ4v) is 7.58. The first-order chi connectivity index (χ1) is 21.6. The van der Waals surface area contributed by atoms with Crippen molar-refractivity contribution >= 4 is 11.6 Å².